The molecule has 0 bridgehead atoms. The molecule has 0 aromatic heterocycles. The molecule has 1 aliphatic heterocycles. The Kier molecular flexibility index (Phi) is 4.48. The van der Waals surface area contributed by atoms with Crippen LogP contribution in [0.4, 0.5) is 0 Å². The van der Waals surface area contributed by atoms with Crippen LogP contribution in [0.15, 0.2) is 10.5 Å². The first kappa shape index (κ1) is 13.6. The van der Waals surface area contributed by atoms with E-state index in [1.807, 2.05) is 6.07 Å². The molecule has 0 unspecified atom stereocenters. The number of hydrogen-bond donors (Lipinski definition) is 1. The second-order valence-corrected chi connectivity index (χ2v) is 5.45. The Balaban J connectivity index is 2.58. The second kappa shape index (κ2) is 5.91. The number of nitrogens with two attached hydrogens (primary N) is 1. The van der Waals surface area contributed by atoms with Gasteiger partial charge in [-0.05, 0) is 12.0 Å². The summed E-state index contributed by atoms with van der Waals surface area (Å²) in [6.07, 6.45) is 0.895. The SMILES string of the molecule is CC(C)c1c(CON)c(Br)cc2c1OCCCO2. The third-order valence-corrected chi connectivity index (χ3v) is 3.64. The van der Waals surface area contributed by atoms with Crippen LogP contribution < -0.4 is 15.4 Å². The molecule has 2 rings (SSSR count). The van der Waals surface area contributed by atoms with Gasteiger partial charge in [-0.15, -0.1) is 0 Å². The maximum absolute atomic E-state index is 5.84. The third-order valence-electron chi connectivity index (χ3n) is 2.94. The van der Waals surface area contributed by atoms with E-state index in [-0.39, 0.29) is 0 Å². The molecule has 1 aliphatic rings. The smallest absolute Gasteiger partial charge is 0.165 e. The summed E-state index contributed by atoms with van der Waals surface area (Å²) in [5.41, 5.74) is 2.13. The molecule has 5 heteroatoms. The largest absolute Gasteiger partial charge is 0.490 e. The van der Waals surface area contributed by atoms with Gasteiger partial charge in [0.05, 0.1) is 19.8 Å². The zero-order valence-electron chi connectivity index (χ0n) is 10.7. The second-order valence-electron chi connectivity index (χ2n) is 4.59. The summed E-state index contributed by atoms with van der Waals surface area (Å²) in [6.45, 7) is 5.96. The molecule has 0 saturated heterocycles. The Morgan fingerprint density at radius 1 is 1.39 bits per heavy atom. The number of benzene rings is 1. The van der Waals surface area contributed by atoms with Crippen molar-refractivity contribution in [1.29, 1.82) is 0 Å². The fourth-order valence-electron chi connectivity index (χ4n) is 2.18. The molecule has 1 aromatic carbocycles. The first-order valence-corrected chi connectivity index (χ1v) is 6.87. The molecule has 0 atom stereocenters. The molecule has 1 heterocycles. The highest BCUT2D eigenvalue weighted by Crippen LogP contribution is 2.43. The number of halogens is 1. The summed E-state index contributed by atoms with van der Waals surface area (Å²) in [4.78, 5) is 4.80. The van der Waals surface area contributed by atoms with Crippen molar-refractivity contribution in [3.8, 4) is 11.5 Å². The van der Waals surface area contributed by atoms with Crippen molar-refractivity contribution in [2.75, 3.05) is 13.2 Å². The van der Waals surface area contributed by atoms with E-state index in [9.17, 15) is 0 Å². The molecule has 100 valence electrons. The number of hydrogen-bond acceptors (Lipinski definition) is 4. The molecule has 0 saturated carbocycles. The highest BCUT2D eigenvalue weighted by atomic mass is 79.9. The van der Waals surface area contributed by atoms with Crippen molar-refractivity contribution >= 4 is 15.9 Å². The molecule has 0 aliphatic carbocycles. The van der Waals surface area contributed by atoms with Gasteiger partial charge in [0.15, 0.2) is 11.5 Å². The van der Waals surface area contributed by atoms with Gasteiger partial charge in [0.2, 0.25) is 0 Å². The Bertz CT molecular complexity index is 435. The van der Waals surface area contributed by atoms with Crippen LogP contribution in [0.2, 0.25) is 0 Å². The van der Waals surface area contributed by atoms with E-state index in [2.05, 4.69) is 29.8 Å². The van der Waals surface area contributed by atoms with E-state index >= 15 is 0 Å². The van der Waals surface area contributed by atoms with Crippen molar-refractivity contribution in [3.63, 3.8) is 0 Å². The average molecular weight is 316 g/mol. The molecule has 1 aromatic rings. The maximum Gasteiger partial charge on any atom is 0.165 e. The molecule has 2 N–H and O–H groups in total. The van der Waals surface area contributed by atoms with Crippen LogP contribution in [0.5, 0.6) is 11.5 Å². The van der Waals surface area contributed by atoms with Gasteiger partial charge in [-0.25, -0.2) is 5.90 Å². The quantitative estimate of drug-likeness (QED) is 0.871. The zero-order valence-corrected chi connectivity index (χ0v) is 12.2. The molecule has 0 radical (unpaired) electrons. The fourth-order valence-corrected chi connectivity index (χ4v) is 2.71. The number of ether oxygens (including phenoxy) is 2. The van der Waals surface area contributed by atoms with Gasteiger partial charge in [0, 0.05) is 22.0 Å². The van der Waals surface area contributed by atoms with Crippen LogP contribution in [0.1, 0.15) is 37.3 Å². The van der Waals surface area contributed by atoms with Crippen molar-refractivity contribution in [2.45, 2.75) is 32.8 Å². The van der Waals surface area contributed by atoms with Crippen molar-refractivity contribution in [3.05, 3.63) is 21.7 Å². The van der Waals surface area contributed by atoms with Crippen LogP contribution in [-0.4, -0.2) is 13.2 Å². The Morgan fingerprint density at radius 3 is 2.78 bits per heavy atom. The Labute approximate surface area is 115 Å². The van der Waals surface area contributed by atoms with Gasteiger partial charge in [0.1, 0.15) is 0 Å². The van der Waals surface area contributed by atoms with Crippen LogP contribution in [-0.2, 0) is 11.4 Å². The topological polar surface area (TPSA) is 53.7 Å². The molecular formula is C13H18BrNO3. The summed E-state index contributed by atoms with van der Waals surface area (Å²) in [6, 6.07) is 1.93. The van der Waals surface area contributed by atoms with E-state index in [0.717, 1.165) is 33.5 Å². The van der Waals surface area contributed by atoms with Gasteiger partial charge in [0.25, 0.3) is 0 Å². The van der Waals surface area contributed by atoms with Crippen molar-refractivity contribution in [2.24, 2.45) is 5.90 Å². The van der Waals surface area contributed by atoms with E-state index in [0.29, 0.717) is 25.7 Å². The van der Waals surface area contributed by atoms with E-state index in [1.165, 1.54) is 0 Å². The van der Waals surface area contributed by atoms with Gasteiger partial charge in [-0.2, -0.15) is 0 Å². The normalized spacial score (nSPS) is 14.7. The highest BCUT2D eigenvalue weighted by Gasteiger charge is 2.23. The minimum Gasteiger partial charge on any atom is -0.490 e. The van der Waals surface area contributed by atoms with Crippen molar-refractivity contribution < 1.29 is 14.3 Å². The lowest BCUT2D eigenvalue weighted by Gasteiger charge is -2.20. The summed E-state index contributed by atoms with van der Waals surface area (Å²) < 4.78 is 12.5. The van der Waals surface area contributed by atoms with E-state index in [4.69, 9.17) is 20.2 Å². The number of fused-ring (bicyclic) bond motifs is 1. The highest BCUT2D eigenvalue weighted by molar-refractivity contribution is 9.10. The lowest BCUT2D eigenvalue weighted by molar-refractivity contribution is 0.122. The van der Waals surface area contributed by atoms with Crippen molar-refractivity contribution in [1.82, 2.24) is 0 Å². The lowest BCUT2D eigenvalue weighted by atomic mass is 9.96. The van der Waals surface area contributed by atoms with E-state index < -0.39 is 0 Å². The maximum atomic E-state index is 5.84. The van der Waals surface area contributed by atoms with Gasteiger partial charge in [-0.3, -0.25) is 4.84 Å². The first-order chi connectivity index (χ1) is 8.65. The van der Waals surface area contributed by atoms with Gasteiger partial charge < -0.3 is 9.47 Å². The monoisotopic (exact) mass is 315 g/mol. The van der Waals surface area contributed by atoms with E-state index in [1.54, 1.807) is 0 Å². The molecule has 18 heavy (non-hydrogen) atoms. The van der Waals surface area contributed by atoms with Gasteiger partial charge >= 0.3 is 0 Å². The summed E-state index contributed by atoms with van der Waals surface area (Å²) in [5, 5.41) is 0. The van der Waals surface area contributed by atoms with Crippen LogP contribution >= 0.6 is 15.9 Å². The Hall–Kier alpha value is -0.780. The molecule has 0 fully saturated rings. The molecule has 0 amide bonds. The number of rotatable bonds is 3. The minimum atomic E-state index is 0.308. The fraction of sp³-hybridized carbons (Fsp3) is 0.538. The zero-order chi connectivity index (χ0) is 13.1. The Morgan fingerprint density at radius 2 is 2.11 bits per heavy atom. The molecular weight excluding hydrogens is 298 g/mol. The summed E-state index contributed by atoms with van der Waals surface area (Å²) in [5.74, 6) is 7.15. The molecule has 4 nitrogen and oxygen atoms in total. The third kappa shape index (κ3) is 2.63. The van der Waals surface area contributed by atoms with Crippen LogP contribution in [0.3, 0.4) is 0 Å². The summed E-state index contributed by atoms with van der Waals surface area (Å²) in [7, 11) is 0. The van der Waals surface area contributed by atoms with Crippen LogP contribution in [0, 0.1) is 0 Å². The predicted molar refractivity (Wildman–Crippen MR) is 72.8 cm³/mol. The summed E-state index contributed by atoms with van der Waals surface area (Å²) >= 11 is 3.55. The standard InChI is InChI=1S/C13H18BrNO3/c1-8(2)12-9(7-18-15)10(14)6-11-13(12)17-5-3-4-16-11/h6,8H,3-5,7,15H2,1-2H3. The lowest BCUT2D eigenvalue weighted by Crippen LogP contribution is -2.08. The minimum absolute atomic E-state index is 0.308. The average Bonchev–Trinajstić information content (AvgIpc) is 2.54. The van der Waals surface area contributed by atoms with Gasteiger partial charge in [-0.1, -0.05) is 29.8 Å². The predicted octanol–water partition coefficient (Wildman–Crippen LogP) is 3.12. The molecule has 0 spiro atoms. The first-order valence-electron chi connectivity index (χ1n) is 6.07. The van der Waals surface area contributed by atoms with Crippen LogP contribution in [0.25, 0.3) is 0 Å².